The summed E-state index contributed by atoms with van der Waals surface area (Å²) in [6.45, 7) is 0. The number of aromatic nitrogens is 8. The van der Waals surface area contributed by atoms with Gasteiger partial charge in [-0.1, -0.05) is 0 Å². The van der Waals surface area contributed by atoms with Gasteiger partial charge in [-0.3, -0.25) is 0 Å². The number of benzene rings is 2. The number of rotatable bonds is 8. The molecule has 0 atom stereocenters. The summed E-state index contributed by atoms with van der Waals surface area (Å²) >= 11 is 0. The first-order valence-electron chi connectivity index (χ1n) is 13.4. The number of aromatic carboxylic acids is 6. The predicted octanol–water partition coefficient (Wildman–Crippen LogP) is -2.18. The van der Waals surface area contributed by atoms with Crippen LogP contribution < -0.4 is 20.4 Å². The zero-order valence-corrected chi connectivity index (χ0v) is 32.2. The van der Waals surface area contributed by atoms with Crippen LogP contribution in [0.3, 0.4) is 0 Å². The van der Waals surface area contributed by atoms with Crippen LogP contribution in [0.5, 0.6) is 0 Å². The van der Waals surface area contributed by atoms with E-state index >= 15 is 0 Å². The summed E-state index contributed by atoms with van der Waals surface area (Å²) in [6, 6.07) is 4.79. The van der Waals surface area contributed by atoms with E-state index in [0.717, 1.165) is 59.7 Å². The van der Waals surface area contributed by atoms with E-state index in [9.17, 15) is 49.2 Å². The molecular weight excluding hydrogens is 795 g/mol. The van der Waals surface area contributed by atoms with Gasteiger partial charge in [0, 0.05) is 49.6 Å². The molecule has 0 aliphatic heterocycles. The average molecular weight is 815 g/mol. The molecule has 0 aliphatic rings. The standard InChI is InChI=1S/2C9H6O6.2C6H6N4.2Zn/c2*10-7(11)4-1-5(8(12)13)3-6(2-4)9(14)15;2*1-2-8-5(7-1)6-9-3-4-10-6;;/h2*1-3H,(H,10,11)(H,12,13)(H,14,15);2*1-4H,(H,7,8)(H,9,10);;/q;;;;2*+2/p-4. The van der Waals surface area contributed by atoms with Gasteiger partial charge in [0.25, 0.3) is 0 Å². The van der Waals surface area contributed by atoms with E-state index in [2.05, 4.69) is 39.9 Å². The quantitative estimate of drug-likeness (QED) is 0.0889. The number of nitrogens with one attached hydrogen (secondary N) is 4. The first-order chi connectivity index (χ1) is 23.8. The molecule has 4 heterocycles. The van der Waals surface area contributed by atoms with Gasteiger partial charge in [0.1, 0.15) is 0 Å². The molecule has 0 saturated heterocycles. The molecule has 0 amide bonds. The van der Waals surface area contributed by atoms with Crippen molar-refractivity contribution in [1.29, 1.82) is 0 Å². The Morgan fingerprint density at radius 1 is 0.404 bits per heavy atom. The summed E-state index contributed by atoms with van der Waals surface area (Å²) in [5.74, 6) is -6.39. The fourth-order valence-electron chi connectivity index (χ4n) is 3.55. The van der Waals surface area contributed by atoms with Crippen molar-refractivity contribution in [3.05, 3.63) is 119 Å². The van der Waals surface area contributed by atoms with E-state index < -0.39 is 69.2 Å². The van der Waals surface area contributed by atoms with Crippen molar-refractivity contribution in [2.24, 2.45) is 0 Å². The van der Waals surface area contributed by atoms with Gasteiger partial charge in [-0.15, -0.1) is 0 Å². The summed E-state index contributed by atoms with van der Waals surface area (Å²) < 4.78 is 0. The molecular formula is C30H20N8O12Zn2. The third-order valence-electron chi connectivity index (χ3n) is 5.74. The fraction of sp³-hybridized carbons (Fsp3) is 0. The van der Waals surface area contributed by atoms with Crippen molar-refractivity contribution in [2.75, 3.05) is 0 Å². The molecule has 0 bridgehead atoms. The van der Waals surface area contributed by atoms with E-state index in [0.29, 0.717) is 0 Å². The number of H-pyrrole nitrogens is 4. The van der Waals surface area contributed by atoms with Crippen molar-refractivity contribution in [3.8, 4) is 23.3 Å². The minimum atomic E-state index is -1.65. The minimum absolute atomic E-state index is 0. The Morgan fingerprint density at radius 2 is 0.596 bits per heavy atom. The van der Waals surface area contributed by atoms with Crippen LogP contribution in [0.25, 0.3) is 23.3 Å². The number of carboxylic acid groups (broad SMARTS) is 6. The van der Waals surface area contributed by atoms with Crippen LogP contribution in [0.4, 0.5) is 0 Å². The molecule has 22 heteroatoms. The molecule has 0 spiro atoms. The normalized spacial score (nSPS) is 9.38. The predicted molar refractivity (Wildman–Crippen MR) is 156 cm³/mol. The molecule has 2 aromatic carbocycles. The molecule has 256 valence electrons. The average Bonchev–Trinajstić information content (AvgIpc) is 3.93. The van der Waals surface area contributed by atoms with Crippen LogP contribution in [0, 0.1) is 0 Å². The Morgan fingerprint density at radius 3 is 0.731 bits per heavy atom. The number of nitrogens with zero attached hydrogens (tertiary/aromatic N) is 4. The fourth-order valence-corrected chi connectivity index (χ4v) is 3.55. The molecule has 6 N–H and O–H groups in total. The van der Waals surface area contributed by atoms with Gasteiger partial charge < -0.3 is 69.8 Å². The van der Waals surface area contributed by atoms with E-state index in [1.807, 2.05) is 0 Å². The Balaban J connectivity index is 0.000000347. The largest absolute Gasteiger partial charge is 2.00 e. The van der Waals surface area contributed by atoms with Crippen molar-refractivity contribution >= 4 is 35.8 Å². The zero-order valence-electron chi connectivity index (χ0n) is 26.3. The number of imidazole rings is 4. The molecule has 6 aromatic rings. The summed E-state index contributed by atoms with van der Waals surface area (Å²) in [7, 11) is 0. The number of carbonyl (C=O) groups is 6. The molecule has 0 radical (unpaired) electrons. The van der Waals surface area contributed by atoms with Gasteiger partial charge in [0.2, 0.25) is 0 Å². The number of aromatic amines is 4. The second-order valence-corrected chi connectivity index (χ2v) is 9.11. The van der Waals surface area contributed by atoms with Gasteiger partial charge in [-0.05, 0) is 58.7 Å². The van der Waals surface area contributed by atoms with Gasteiger partial charge in [0.15, 0.2) is 23.3 Å². The second kappa shape index (κ2) is 20.8. The second-order valence-electron chi connectivity index (χ2n) is 9.11. The maximum atomic E-state index is 10.5. The van der Waals surface area contributed by atoms with Crippen molar-refractivity contribution in [2.45, 2.75) is 0 Å². The zero-order chi connectivity index (χ0) is 36.8. The van der Waals surface area contributed by atoms with Crippen LogP contribution in [0.1, 0.15) is 62.1 Å². The van der Waals surface area contributed by atoms with Crippen LogP contribution in [0.15, 0.2) is 86.0 Å². The molecule has 0 aliphatic carbocycles. The molecule has 0 unspecified atom stereocenters. The van der Waals surface area contributed by atoms with Gasteiger partial charge >= 0.3 is 50.9 Å². The Labute approximate surface area is 315 Å². The van der Waals surface area contributed by atoms with E-state index in [-0.39, 0.29) is 39.0 Å². The number of carbonyl (C=O) groups excluding carboxylic acids is 4. The van der Waals surface area contributed by atoms with Gasteiger partial charge in [-0.2, -0.15) is 0 Å². The first-order valence-corrected chi connectivity index (χ1v) is 13.4. The van der Waals surface area contributed by atoms with E-state index in [1.54, 1.807) is 49.6 Å². The third kappa shape index (κ3) is 13.0. The SMILES string of the molecule is O=C([O-])c1cc(C(=O)[O-])cc(C(=O)O)c1.O=C([O-])c1cc(C(=O)[O-])cc(C(=O)O)c1.[Zn+2].[Zn+2].c1c[nH]c(-c2ncc[nH]2)n1.c1c[nH]c(-c2ncc[nH]2)n1. The topological polar surface area (TPSA) is 350 Å². The van der Waals surface area contributed by atoms with Crippen LogP contribution in [-0.2, 0) is 39.0 Å². The van der Waals surface area contributed by atoms with E-state index in [4.69, 9.17) is 10.2 Å². The molecule has 6 rings (SSSR count). The Kier molecular flexibility index (Phi) is 17.3. The molecule has 0 saturated carbocycles. The maximum absolute atomic E-state index is 10.5. The van der Waals surface area contributed by atoms with Gasteiger partial charge in [0.05, 0.1) is 35.0 Å². The van der Waals surface area contributed by atoms with Crippen LogP contribution in [0.2, 0.25) is 0 Å². The molecule has 4 aromatic heterocycles. The summed E-state index contributed by atoms with van der Waals surface area (Å²) in [5.41, 5.74) is -2.97. The summed E-state index contributed by atoms with van der Waals surface area (Å²) in [4.78, 5) is 90.6. The Bertz CT molecular complexity index is 1710. The van der Waals surface area contributed by atoms with Crippen LogP contribution in [-0.4, -0.2) is 85.9 Å². The molecule has 0 fully saturated rings. The maximum Gasteiger partial charge on any atom is 2.00 e. The van der Waals surface area contributed by atoms with Crippen molar-refractivity contribution in [3.63, 3.8) is 0 Å². The van der Waals surface area contributed by atoms with Crippen LogP contribution >= 0.6 is 0 Å². The first kappa shape index (κ1) is 43.4. The molecule has 52 heavy (non-hydrogen) atoms. The number of hydrogen-bond acceptors (Lipinski definition) is 14. The molecule has 20 nitrogen and oxygen atoms in total. The third-order valence-corrected chi connectivity index (χ3v) is 5.74. The Hall–Kier alpha value is -6.65. The van der Waals surface area contributed by atoms with Crippen molar-refractivity contribution in [1.82, 2.24) is 39.9 Å². The number of carboxylic acids is 6. The smallest absolute Gasteiger partial charge is 0.545 e. The number of hydrogen-bond donors (Lipinski definition) is 6. The summed E-state index contributed by atoms with van der Waals surface area (Å²) in [5, 5.41) is 58.9. The van der Waals surface area contributed by atoms with Crippen molar-refractivity contribution < 1.29 is 98.4 Å². The summed E-state index contributed by atoms with van der Waals surface area (Å²) in [6.07, 6.45) is 13.8. The van der Waals surface area contributed by atoms with E-state index in [1.165, 1.54) is 0 Å². The van der Waals surface area contributed by atoms with Gasteiger partial charge in [-0.25, -0.2) is 29.5 Å². The monoisotopic (exact) mass is 812 g/mol. The minimum Gasteiger partial charge on any atom is -0.545 e.